The van der Waals surface area contributed by atoms with E-state index in [4.69, 9.17) is 4.74 Å². The lowest BCUT2D eigenvalue weighted by molar-refractivity contribution is -0.141. The van der Waals surface area contributed by atoms with Gasteiger partial charge in [-0.15, -0.1) is 0 Å². The monoisotopic (exact) mass is 234 g/mol. The number of ether oxygens (including phenoxy) is 1. The molecule has 0 radical (unpaired) electrons. The van der Waals surface area contributed by atoms with Gasteiger partial charge in [-0.2, -0.15) is 13.2 Å². The fraction of sp³-hybridized carbons (Fsp3) is 0.500. The summed E-state index contributed by atoms with van der Waals surface area (Å²) < 4.78 is 41.8. The lowest BCUT2D eigenvalue weighted by atomic mass is 10.1. The summed E-state index contributed by atoms with van der Waals surface area (Å²) >= 11 is 0. The number of fused-ring (bicyclic) bond motifs is 1. The number of halogens is 3. The van der Waals surface area contributed by atoms with Crippen LogP contribution in [0.25, 0.3) is 0 Å². The number of nitrogens with zero attached hydrogens (tertiary/aromatic N) is 1. The van der Waals surface area contributed by atoms with E-state index in [-0.39, 0.29) is 6.61 Å². The van der Waals surface area contributed by atoms with Crippen molar-refractivity contribution < 1.29 is 17.9 Å². The molecule has 90 valence electrons. The quantitative estimate of drug-likeness (QED) is 0.744. The standard InChI is InChI=1S/C9H8F3NO.CH5N/c10-9(11,12)8-2-1-6-3-4-14-5-7(6)13-8;1-2/h1-2H,3-5H2;2H2,1H3. The Morgan fingerprint density at radius 2 is 2.00 bits per heavy atom. The van der Waals surface area contributed by atoms with Crippen molar-refractivity contribution in [2.75, 3.05) is 13.7 Å². The second-order valence-electron chi connectivity index (χ2n) is 3.10. The molecule has 0 saturated heterocycles. The molecule has 1 aromatic heterocycles. The van der Waals surface area contributed by atoms with Gasteiger partial charge in [-0.3, -0.25) is 0 Å². The van der Waals surface area contributed by atoms with E-state index in [1.165, 1.54) is 13.1 Å². The third-order valence-electron chi connectivity index (χ3n) is 2.11. The molecule has 2 N–H and O–H groups in total. The summed E-state index contributed by atoms with van der Waals surface area (Å²) in [4.78, 5) is 3.53. The van der Waals surface area contributed by atoms with Gasteiger partial charge in [-0.25, -0.2) is 4.98 Å². The van der Waals surface area contributed by atoms with Gasteiger partial charge in [0.25, 0.3) is 0 Å². The predicted molar refractivity (Wildman–Crippen MR) is 52.7 cm³/mol. The van der Waals surface area contributed by atoms with Crippen LogP contribution in [-0.2, 0) is 23.9 Å². The Bertz CT molecular complexity index is 352. The first-order valence-electron chi connectivity index (χ1n) is 4.79. The molecule has 0 spiro atoms. The van der Waals surface area contributed by atoms with Crippen molar-refractivity contribution in [2.45, 2.75) is 19.2 Å². The van der Waals surface area contributed by atoms with Gasteiger partial charge < -0.3 is 10.5 Å². The van der Waals surface area contributed by atoms with Crippen LogP contribution in [0.3, 0.4) is 0 Å². The maximum Gasteiger partial charge on any atom is 0.433 e. The molecule has 0 saturated carbocycles. The minimum Gasteiger partial charge on any atom is -0.375 e. The molecule has 0 bridgehead atoms. The lowest BCUT2D eigenvalue weighted by Gasteiger charge is -2.16. The smallest absolute Gasteiger partial charge is 0.375 e. The molecule has 3 nitrogen and oxygen atoms in total. The summed E-state index contributed by atoms with van der Waals surface area (Å²) in [5.41, 5.74) is 4.91. The first-order valence-corrected chi connectivity index (χ1v) is 4.79. The molecule has 1 aliphatic heterocycles. The molecule has 1 aromatic rings. The highest BCUT2D eigenvalue weighted by molar-refractivity contribution is 5.25. The number of nitrogens with two attached hydrogens (primary N) is 1. The van der Waals surface area contributed by atoms with Crippen molar-refractivity contribution in [3.8, 4) is 0 Å². The van der Waals surface area contributed by atoms with Gasteiger partial charge in [-0.1, -0.05) is 6.07 Å². The van der Waals surface area contributed by atoms with Crippen LogP contribution >= 0.6 is 0 Å². The van der Waals surface area contributed by atoms with E-state index in [0.29, 0.717) is 18.7 Å². The summed E-state index contributed by atoms with van der Waals surface area (Å²) in [7, 11) is 1.50. The maximum atomic E-state index is 12.3. The summed E-state index contributed by atoms with van der Waals surface area (Å²) in [6.07, 6.45) is -3.73. The number of hydrogen-bond donors (Lipinski definition) is 1. The molecule has 0 amide bonds. The fourth-order valence-corrected chi connectivity index (χ4v) is 1.39. The number of rotatable bonds is 0. The molecule has 2 heterocycles. The molecule has 0 unspecified atom stereocenters. The lowest BCUT2D eigenvalue weighted by Crippen LogP contribution is -2.16. The molecular formula is C10H13F3N2O. The zero-order chi connectivity index (χ0) is 12.2. The van der Waals surface area contributed by atoms with Crippen molar-refractivity contribution in [3.63, 3.8) is 0 Å². The van der Waals surface area contributed by atoms with Gasteiger partial charge in [0.1, 0.15) is 5.69 Å². The van der Waals surface area contributed by atoms with Crippen LogP contribution in [0.2, 0.25) is 0 Å². The Morgan fingerprint density at radius 3 is 2.62 bits per heavy atom. The molecule has 0 fully saturated rings. The van der Waals surface area contributed by atoms with E-state index in [1.807, 2.05) is 0 Å². The number of hydrogen-bond acceptors (Lipinski definition) is 3. The van der Waals surface area contributed by atoms with E-state index in [1.54, 1.807) is 0 Å². The average molecular weight is 234 g/mol. The SMILES string of the molecule is CN.FC(F)(F)c1ccc2c(n1)COCC2. The topological polar surface area (TPSA) is 48.1 Å². The van der Waals surface area contributed by atoms with Crippen LogP contribution in [0.4, 0.5) is 13.2 Å². The Hall–Kier alpha value is -1.14. The predicted octanol–water partition coefficient (Wildman–Crippen LogP) is 1.75. The highest BCUT2D eigenvalue weighted by atomic mass is 19.4. The van der Waals surface area contributed by atoms with Crippen molar-refractivity contribution in [2.24, 2.45) is 5.73 Å². The second kappa shape index (κ2) is 5.27. The Kier molecular flexibility index (Phi) is 4.26. The van der Waals surface area contributed by atoms with Crippen molar-refractivity contribution in [3.05, 3.63) is 29.1 Å². The zero-order valence-corrected chi connectivity index (χ0v) is 8.84. The molecule has 16 heavy (non-hydrogen) atoms. The van der Waals surface area contributed by atoms with Gasteiger partial charge >= 0.3 is 6.18 Å². The Morgan fingerprint density at radius 1 is 1.31 bits per heavy atom. The number of alkyl halides is 3. The molecule has 1 aliphatic rings. The highest BCUT2D eigenvalue weighted by Crippen LogP contribution is 2.29. The molecule has 0 aromatic carbocycles. The molecule has 2 rings (SSSR count). The maximum absolute atomic E-state index is 12.3. The van der Waals surface area contributed by atoms with Gasteiger partial charge in [0.2, 0.25) is 0 Å². The van der Waals surface area contributed by atoms with Gasteiger partial charge in [-0.05, 0) is 25.1 Å². The third-order valence-corrected chi connectivity index (χ3v) is 2.11. The molecule has 0 atom stereocenters. The average Bonchev–Trinajstić information content (AvgIpc) is 2.30. The van der Waals surface area contributed by atoms with E-state index < -0.39 is 11.9 Å². The Balaban J connectivity index is 0.000000606. The minimum atomic E-state index is -4.37. The van der Waals surface area contributed by atoms with Gasteiger partial charge in [0, 0.05) is 0 Å². The summed E-state index contributed by atoms with van der Waals surface area (Å²) in [6.45, 7) is 0.735. The molecular weight excluding hydrogens is 221 g/mol. The summed E-state index contributed by atoms with van der Waals surface area (Å²) in [5.74, 6) is 0. The fourth-order valence-electron chi connectivity index (χ4n) is 1.39. The Labute approximate surface area is 91.4 Å². The van der Waals surface area contributed by atoms with Crippen LogP contribution in [0, 0.1) is 0 Å². The van der Waals surface area contributed by atoms with Crippen LogP contribution in [-0.4, -0.2) is 18.6 Å². The van der Waals surface area contributed by atoms with Crippen LogP contribution in [0.15, 0.2) is 12.1 Å². The van der Waals surface area contributed by atoms with E-state index in [2.05, 4.69) is 10.7 Å². The van der Waals surface area contributed by atoms with Gasteiger partial charge in [0.05, 0.1) is 18.9 Å². The van der Waals surface area contributed by atoms with Crippen LogP contribution in [0.5, 0.6) is 0 Å². The largest absolute Gasteiger partial charge is 0.433 e. The zero-order valence-electron chi connectivity index (χ0n) is 8.84. The van der Waals surface area contributed by atoms with Crippen molar-refractivity contribution in [1.82, 2.24) is 4.98 Å². The van der Waals surface area contributed by atoms with E-state index in [0.717, 1.165) is 11.6 Å². The first kappa shape index (κ1) is 12.9. The summed E-state index contributed by atoms with van der Waals surface area (Å²) in [5, 5.41) is 0. The van der Waals surface area contributed by atoms with E-state index >= 15 is 0 Å². The number of aromatic nitrogens is 1. The molecule has 6 heteroatoms. The minimum absolute atomic E-state index is 0.180. The van der Waals surface area contributed by atoms with Crippen molar-refractivity contribution >= 4 is 0 Å². The van der Waals surface area contributed by atoms with Crippen LogP contribution < -0.4 is 5.73 Å². The van der Waals surface area contributed by atoms with Gasteiger partial charge in [0.15, 0.2) is 0 Å². The third kappa shape index (κ3) is 2.93. The van der Waals surface area contributed by atoms with Crippen LogP contribution in [0.1, 0.15) is 17.0 Å². The van der Waals surface area contributed by atoms with Crippen molar-refractivity contribution in [1.29, 1.82) is 0 Å². The number of pyridine rings is 1. The first-order chi connectivity index (χ1) is 7.57. The normalized spacial score (nSPS) is 14.8. The molecule has 0 aliphatic carbocycles. The van der Waals surface area contributed by atoms with E-state index in [9.17, 15) is 13.2 Å². The highest BCUT2D eigenvalue weighted by Gasteiger charge is 2.33. The second-order valence-corrected chi connectivity index (χ2v) is 3.10. The summed E-state index contributed by atoms with van der Waals surface area (Å²) in [6, 6.07) is 2.50.